The van der Waals surface area contributed by atoms with Crippen molar-refractivity contribution in [3.8, 4) is 0 Å². The molecular formula is C5H2F3S. The molecule has 0 saturated carbocycles. The van der Waals surface area contributed by atoms with E-state index in [9.17, 15) is 13.2 Å². The third-order valence-electron chi connectivity index (χ3n) is 0.796. The molecule has 0 nitrogen and oxygen atoms in total. The third-order valence-corrected chi connectivity index (χ3v) is 1.42. The number of hydrogen-bond donors (Lipinski definition) is 0. The minimum atomic E-state index is -4.20. The van der Waals surface area contributed by atoms with Crippen molar-refractivity contribution in [2.45, 2.75) is 6.18 Å². The Kier molecular flexibility index (Phi) is 1.48. The fraction of sp³-hybridized carbons (Fsp3) is 0.200. The normalized spacial score (nSPS) is 11.9. The van der Waals surface area contributed by atoms with Gasteiger partial charge >= 0.3 is 6.18 Å². The van der Waals surface area contributed by atoms with Crippen LogP contribution in [0.1, 0.15) is 5.56 Å². The zero-order valence-corrected chi connectivity index (χ0v) is 5.01. The highest BCUT2D eigenvalue weighted by Crippen LogP contribution is 2.29. The second-order valence-corrected chi connectivity index (χ2v) is 2.16. The second-order valence-electron chi connectivity index (χ2n) is 1.45. The molecule has 4 heteroatoms. The Balaban J connectivity index is 2.90. The summed E-state index contributed by atoms with van der Waals surface area (Å²) in [5.41, 5.74) is -0.618. The number of hydrogen-bond acceptors (Lipinski definition) is 1. The molecule has 9 heavy (non-hydrogen) atoms. The summed E-state index contributed by atoms with van der Waals surface area (Å²) in [4.78, 5) is 0. The van der Waals surface area contributed by atoms with E-state index < -0.39 is 11.7 Å². The molecule has 0 bridgehead atoms. The zero-order valence-electron chi connectivity index (χ0n) is 4.20. The van der Waals surface area contributed by atoms with E-state index in [1.165, 1.54) is 0 Å². The third kappa shape index (κ3) is 1.45. The standard InChI is InChI=1S/C5H2F3S/c6-5(7,8)4-1-2-9-3-4/h1,3H. The van der Waals surface area contributed by atoms with E-state index >= 15 is 0 Å². The van der Waals surface area contributed by atoms with Crippen molar-refractivity contribution >= 4 is 11.3 Å². The van der Waals surface area contributed by atoms with Crippen LogP contribution in [0.25, 0.3) is 0 Å². The van der Waals surface area contributed by atoms with Gasteiger partial charge in [-0.1, -0.05) is 0 Å². The summed E-state index contributed by atoms with van der Waals surface area (Å²) < 4.78 is 34.8. The van der Waals surface area contributed by atoms with E-state index in [1.807, 2.05) is 0 Å². The summed E-state index contributed by atoms with van der Waals surface area (Å²) in [6.45, 7) is 0. The predicted molar refractivity (Wildman–Crippen MR) is 28.2 cm³/mol. The lowest BCUT2D eigenvalue weighted by atomic mass is 10.3. The maximum atomic E-state index is 11.6. The Morgan fingerprint density at radius 3 is 2.33 bits per heavy atom. The molecule has 0 aliphatic heterocycles. The van der Waals surface area contributed by atoms with Crippen molar-refractivity contribution in [2.75, 3.05) is 0 Å². The molecular weight excluding hydrogens is 149 g/mol. The van der Waals surface area contributed by atoms with E-state index in [-0.39, 0.29) is 0 Å². The van der Waals surface area contributed by atoms with Crippen LogP contribution in [0.15, 0.2) is 11.4 Å². The average molecular weight is 151 g/mol. The maximum Gasteiger partial charge on any atom is 0.417 e. The average Bonchev–Trinajstić information content (AvgIpc) is 2.08. The molecule has 1 heterocycles. The lowest BCUT2D eigenvalue weighted by molar-refractivity contribution is -0.137. The van der Waals surface area contributed by atoms with Crippen LogP contribution in [-0.4, -0.2) is 0 Å². The van der Waals surface area contributed by atoms with Gasteiger partial charge in [0.2, 0.25) is 0 Å². The summed E-state index contributed by atoms with van der Waals surface area (Å²) in [5.74, 6) is 0. The molecule has 0 atom stereocenters. The number of thiophene rings is 1. The van der Waals surface area contributed by atoms with E-state index in [0.717, 1.165) is 22.8 Å². The zero-order chi connectivity index (χ0) is 6.91. The van der Waals surface area contributed by atoms with Crippen LogP contribution in [-0.2, 0) is 6.18 Å². The quantitative estimate of drug-likeness (QED) is 0.534. The van der Waals surface area contributed by atoms with Crippen LogP contribution >= 0.6 is 11.3 Å². The monoisotopic (exact) mass is 151 g/mol. The van der Waals surface area contributed by atoms with Crippen molar-refractivity contribution in [1.29, 1.82) is 0 Å². The van der Waals surface area contributed by atoms with Crippen LogP contribution in [0.4, 0.5) is 13.2 Å². The first kappa shape index (κ1) is 6.61. The first-order valence-corrected chi connectivity index (χ1v) is 3.00. The summed E-state index contributed by atoms with van der Waals surface area (Å²) in [5, 5.41) is 3.39. The molecule has 0 unspecified atom stereocenters. The van der Waals surface area contributed by atoms with Gasteiger partial charge in [0, 0.05) is 10.8 Å². The van der Waals surface area contributed by atoms with Crippen molar-refractivity contribution < 1.29 is 13.2 Å². The molecule has 1 aromatic rings. The van der Waals surface area contributed by atoms with E-state index in [1.54, 1.807) is 0 Å². The fourth-order valence-corrected chi connectivity index (χ4v) is 0.969. The number of rotatable bonds is 0. The topological polar surface area (TPSA) is 0 Å². The predicted octanol–water partition coefficient (Wildman–Crippen LogP) is 2.57. The first-order chi connectivity index (χ1) is 4.11. The van der Waals surface area contributed by atoms with Crippen molar-refractivity contribution in [3.05, 3.63) is 22.4 Å². The van der Waals surface area contributed by atoms with Gasteiger partial charge in [0.25, 0.3) is 0 Å². The second kappa shape index (κ2) is 2.02. The van der Waals surface area contributed by atoms with Gasteiger partial charge in [-0.2, -0.15) is 13.2 Å². The number of halogens is 3. The van der Waals surface area contributed by atoms with Gasteiger partial charge in [0.1, 0.15) is 0 Å². The van der Waals surface area contributed by atoms with Gasteiger partial charge in [-0.3, -0.25) is 0 Å². The van der Waals surface area contributed by atoms with E-state index in [4.69, 9.17) is 0 Å². The summed E-state index contributed by atoms with van der Waals surface area (Å²) in [7, 11) is 0. The van der Waals surface area contributed by atoms with Gasteiger partial charge in [0.05, 0.1) is 5.56 Å². The molecule has 0 aliphatic carbocycles. The highest BCUT2D eigenvalue weighted by atomic mass is 32.1. The lowest BCUT2D eigenvalue weighted by Crippen LogP contribution is -2.01. The van der Waals surface area contributed by atoms with Crippen LogP contribution in [0.2, 0.25) is 0 Å². The molecule has 49 valence electrons. The largest absolute Gasteiger partial charge is 0.417 e. The van der Waals surface area contributed by atoms with E-state index in [0.29, 0.717) is 0 Å². The Hall–Kier alpha value is -0.510. The van der Waals surface area contributed by atoms with Crippen molar-refractivity contribution in [1.82, 2.24) is 0 Å². The van der Waals surface area contributed by atoms with Gasteiger partial charge in [-0.25, -0.2) is 0 Å². The smallest absolute Gasteiger partial charge is 0.166 e. The lowest BCUT2D eigenvalue weighted by Gasteiger charge is -1.99. The molecule has 1 aromatic heterocycles. The maximum absolute atomic E-state index is 11.6. The Labute approximate surface area is 53.9 Å². The SMILES string of the molecule is FC(F)(F)c1c[c]sc1. The molecule has 0 aliphatic rings. The molecule has 1 rings (SSSR count). The van der Waals surface area contributed by atoms with Gasteiger partial charge in [-0.05, 0) is 6.07 Å². The van der Waals surface area contributed by atoms with Gasteiger partial charge in [-0.15, -0.1) is 11.3 Å². The summed E-state index contributed by atoms with van der Waals surface area (Å²) in [6, 6.07) is 0.935. The first-order valence-electron chi connectivity index (χ1n) is 2.12. The number of alkyl halides is 3. The summed E-state index contributed by atoms with van der Waals surface area (Å²) >= 11 is 0.921. The molecule has 0 saturated heterocycles. The fourth-order valence-electron chi connectivity index (χ4n) is 0.378. The summed E-state index contributed by atoms with van der Waals surface area (Å²) in [6.07, 6.45) is -4.20. The Bertz CT molecular complexity index is 175. The van der Waals surface area contributed by atoms with Crippen LogP contribution in [0, 0.1) is 5.38 Å². The highest BCUT2D eigenvalue weighted by molar-refractivity contribution is 7.07. The minimum absolute atomic E-state index is 0.618. The van der Waals surface area contributed by atoms with Crippen LogP contribution < -0.4 is 0 Å². The molecule has 0 spiro atoms. The Morgan fingerprint density at radius 2 is 2.11 bits per heavy atom. The molecule has 0 N–H and O–H groups in total. The Morgan fingerprint density at radius 1 is 1.44 bits per heavy atom. The molecule has 0 fully saturated rings. The van der Waals surface area contributed by atoms with Crippen LogP contribution in [0.3, 0.4) is 0 Å². The van der Waals surface area contributed by atoms with Gasteiger partial charge < -0.3 is 0 Å². The van der Waals surface area contributed by atoms with Crippen molar-refractivity contribution in [3.63, 3.8) is 0 Å². The molecule has 1 radical (unpaired) electrons. The van der Waals surface area contributed by atoms with Crippen molar-refractivity contribution in [2.24, 2.45) is 0 Å². The minimum Gasteiger partial charge on any atom is -0.166 e. The molecule has 0 aromatic carbocycles. The van der Waals surface area contributed by atoms with Crippen LogP contribution in [0.5, 0.6) is 0 Å². The van der Waals surface area contributed by atoms with E-state index in [2.05, 4.69) is 5.38 Å². The van der Waals surface area contributed by atoms with Gasteiger partial charge in [0.15, 0.2) is 0 Å². The molecule has 0 amide bonds. The highest BCUT2D eigenvalue weighted by Gasteiger charge is 2.30.